The van der Waals surface area contributed by atoms with Crippen LogP contribution in [0.4, 0.5) is 0 Å². The maximum absolute atomic E-state index is 13.8. The minimum absolute atomic E-state index is 0.271. The van der Waals surface area contributed by atoms with Crippen molar-refractivity contribution in [3.8, 4) is 17.2 Å². The van der Waals surface area contributed by atoms with E-state index in [1.165, 1.54) is 11.3 Å². The van der Waals surface area contributed by atoms with E-state index in [1.807, 2.05) is 12.1 Å². The molecule has 1 aliphatic heterocycles. The zero-order chi connectivity index (χ0) is 26.0. The third kappa shape index (κ3) is 4.79. The fourth-order valence-corrected chi connectivity index (χ4v) is 5.09. The molecule has 36 heavy (non-hydrogen) atoms. The molecule has 4 rings (SSSR count). The molecule has 3 aromatic rings. The third-order valence-electron chi connectivity index (χ3n) is 5.74. The van der Waals surface area contributed by atoms with E-state index < -0.39 is 12.0 Å². The van der Waals surface area contributed by atoms with Gasteiger partial charge in [0, 0.05) is 5.56 Å². The van der Waals surface area contributed by atoms with Crippen molar-refractivity contribution in [2.45, 2.75) is 32.9 Å². The van der Waals surface area contributed by atoms with Crippen LogP contribution in [0.25, 0.3) is 6.08 Å². The Bertz CT molecular complexity index is 1500. The summed E-state index contributed by atoms with van der Waals surface area (Å²) < 4.78 is 23.7. The first-order valence-corrected chi connectivity index (χ1v) is 12.2. The van der Waals surface area contributed by atoms with Crippen molar-refractivity contribution in [1.29, 1.82) is 0 Å². The van der Waals surface area contributed by atoms with Gasteiger partial charge in [0.25, 0.3) is 5.56 Å². The Morgan fingerprint density at radius 1 is 1.03 bits per heavy atom. The first kappa shape index (κ1) is 25.2. The number of methoxy groups -OCH3 is 3. The van der Waals surface area contributed by atoms with Gasteiger partial charge in [-0.1, -0.05) is 23.5 Å². The monoisotopic (exact) mass is 508 g/mol. The van der Waals surface area contributed by atoms with Gasteiger partial charge in [-0.05, 0) is 62.7 Å². The third-order valence-corrected chi connectivity index (χ3v) is 6.72. The normalized spacial score (nSPS) is 15.4. The number of carbonyl (C=O) groups is 1. The van der Waals surface area contributed by atoms with Crippen LogP contribution in [-0.4, -0.2) is 38.0 Å². The average molecular weight is 509 g/mol. The number of allylic oxidation sites excluding steroid dienone is 1. The number of esters is 1. The number of aromatic nitrogens is 1. The van der Waals surface area contributed by atoms with Crippen LogP contribution in [0.5, 0.6) is 17.2 Å². The number of benzene rings is 2. The van der Waals surface area contributed by atoms with E-state index >= 15 is 0 Å². The Morgan fingerprint density at radius 2 is 1.69 bits per heavy atom. The molecular formula is C27H28N2O6S. The Balaban J connectivity index is 1.95. The van der Waals surface area contributed by atoms with Crippen LogP contribution in [0.2, 0.25) is 0 Å². The molecule has 0 amide bonds. The topological polar surface area (TPSA) is 88.4 Å². The summed E-state index contributed by atoms with van der Waals surface area (Å²) in [6, 6.07) is 12.0. The SMILES string of the molecule is COc1ccc(C2C(C(=O)OC(C)C)=C(C)N=c3s/c(=C\c4cc(OC)ccc4OC)c(=O)n32)cc1. The summed E-state index contributed by atoms with van der Waals surface area (Å²) in [7, 11) is 4.73. The van der Waals surface area contributed by atoms with Crippen LogP contribution >= 0.6 is 11.3 Å². The molecule has 0 radical (unpaired) electrons. The second-order valence-corrected chi connectivity index (χ2v) is 9.43. The smallest absolute Gasteiger partial charge is 0.338 e. The van der Waals surface area contributed by atoms with Gasteiger partial charge >= 0.3 is 5.97 Å². The predicted molar refractivity (Wildman–Crippen MR) is 138 cm³/mol. The summed E-state index contributed by atoms with van der Waals surface area (Å²) in [5.41, 5.74) is 2.00. The van der Waals surface area contributed by atoms with Crippen LogP contribution in [0, 0.1) is 0 Å². The molecule has 0 saturated heterocycles. The highest BCUT2D eigenvalue weighted by molar-refractivity contribution is 7.07. The molecule has 0 spiro atoms. The summed E-state index contributed by atoms with van der Waals surface area (Å²) in [6.07, 6.45) is 1.43. The molecule has 0 saturated carbocycles. The van der Waals surface area contributed by atoms with Crippen molar-refractivity contribution in [1.82, 2.24) is 4.57 Å². The number of rotatable bonds is 7. The summed E-state index contributed by atoms with van der Waals surface area (Å²) in [5.74, 6) is 1.41. The number of fused-ring (bicyclic) bond motifs is 1. The van der Waals surface area contributed by atoms with Crippen molar-refractivity contribution in [2.24, 2.45) is 4.99 Å². The summed E-state index contributed by atoms with van der Waals surface area (Å²) in [4.78, 5) is 32.1. The zero-order valence-electron chi connectivity index (χ0n) is 21.0. The molecule has 188 valence electrons. The summed E-state index contributed by atoms with van der Waals surface area (Å²) in [5, 5.41) is 0. The van der Waals surface area contributed by atoms with E-state index in [-0.39, 0.29) is 11.7 Å². The molecule has 0 aliphatic carbocycles. The maximum Gasteiger partial charge on any atom is 0.338 e. The van der Waals surface area contributed by atoms with Gasteiger partial charge in [-0.25, -0.2) is 9.79 Å². The number of hydrogen-bond donors (Lipinski definition) is 0. The van der Waals surface area contributed by atoms with Crippen molar-refractivity contribution >= 4 is 23.4 Å². The first-order valence-electron chi connectivity index (χ1n) is 11.4. The van der Waals surface area contributed by atoms with Gasteiger partial charge in [0.15, 0.2) is 4.80 Å². The summed E-state index contributed by atoms with van der Waals surface area (Å²) in [6.45, 7) is 5.33. The molecule has 8 nitrogen and oxygen atoms in total. The van der Waals surface area contributed by atoms with Gasteiger partial charge in [0.2, 0.25) is 0 Å². The lowest BCUT2D eigenvalue weighted by Crippen LogP contribution is -2.40. The Morgan fingerprint density at radius 3 is 2.31 bits per heavy atom. The molecule has 0 N–H and O–H groups in total. The van der Waals surface area contributed by atoms with Crippen molar-refractivity contribution in [2.75, 3.05) is 21.3 Å². The summed E-state index contributed by atoms with van der Waals surface area (Å²) >= 11 is 1.25. The van der Waals surface area contributed by atoms with Crippen molar-refractivity contribution < 1.29 is 23.7 Å². The maximum atomic E-state index is 13.8. The Labute approximate surface area is 212 Å². The number of carbonyl (C=O) groups excluding carboxylic acids is 1. The van der Waals surface area contributed by atoms with Crippen LogP contribution in [0.15, 0.2) is 63.5 Å². The van der Waals surface area contributed by atoms with Crippen molar-refractivity contribution in [3.63, 3.8) is 0 Å². The Hall–Kier alpha value is -3.85. The molecule has 9 heteroatoms. The highest BCUT2D eigenvalue weighted by Crippen LogP contribution is 2.32. The second kappa shape index (κ2) is 10.4. The van der Waals surface area contributed by atoms with E-state index in [0.717, 1.165) is 5.56 Å². The highest BCUT2D eigenvalue weighted by Gasteiger charge is 2.33. The van der Waals surface area contributed by atoms with E-state index in [9.17, 15) is 9.59 Å². The quantitative estimate of drug-likeness (QED) is 0.456. The molecule has 1 aromatic heterocycles. The fraction of sp³-hybridized carbons (Fsp3) is 0.296. The average Bonchev–Trinajstić information content (AvgIpc) is 3.16. The second-order valence-electron chi connectivity index (χ2n) is 8.42. The van der Waals surface area contributed by atoms with Gasteiger partial charge in [0.05, 0.1) is 49.3 Å². The fourth-order valence-electron chi connectivity index (χ4n) is 4.06. The number of thiazole rings is 1. The molecule has 2 heterocycles. The van der Waals surface area contributed by atoms with Crippen molar-refractivity contribution in [3.05, 3.63) is 84.5 Å². The lowest BCUT2D eigenvalue weighted by atomic mass is 9.96. The van der Waals surface area contributed by atoms with Gasteiger partial charge in [-0.15, -0.1) is 0 Å². The molecule has 0 fully saturated rings. The van der Waals surface area contributed by atoms with E-state index in [0.29, 0.717) is 43.4 Å². The predicted octanol–water partition coefficient (Wildman–Crippen LogP) is 3.21. The lowest BCUT2D eigenvalue weighted by Gasteiger charge is -2.25. The van der Waals surface area contributed by atoms with Gasteiger partial charge in [-0.2, -0.15) is 0 Å². The van der Waals surface area contributed by atoms with Crippen LogP contribution in [0.3, 0.4) is 0 Å². The van der Waals surface area contributed by atoms with E-state index in [4.69, 9.17) is 18.9 Å². The van der Waals surface area contributed by atoms with E-state index in [2.05, 4.69) is 4.99 Å². The zero-order valence-corrected chi connectivity index (χ0v) is 21.8. The minimum atomic E-state index is -0.701. The molecule has 1 unspecified atom stereocenters. The highest BCUT2D eigenvalue weighted by atomic mass is 32.1. The molecule has 1 aliphatic rings. The first-order chi connectivity index (χ1) is 17.3. The molecule has 0 bridgehead atoms. The lowest BCUT2D eigenvalue weighted by molar-refractivity contribution is -0.143. The van der Waals surface area contributed by atoms with Gasteiger partial charge in [-0.3, -0.25) is 9.36 Å². The number of ether oxygens (including phenoxy) is 4. The molecule has 1 atom stereocenters. The number of nitrogens with zero attached hydrogens (tertiary/aromatic N) is 2. The van der Waals surface area contributed by atoms with Crippen LogP contribution in [0.1, 0.15) is 37.9 Å². The standard InChI is InChI=1S/C27H28N2O6S/c1-15(2)35-26(31)23-16(3)28-27-29(24(23)17-7-9-19(32-4)10-8-17)25(30)22(36-27)14-18-13-20(33-5)11-12-21(18)34-6/h7-15,24H,1-6H3/b22-14-. The van der Waals surface area contributed by atoms with Crippen LogP contribution < -0.4 is 29.1 Å². The molecular weight excluding hydrogens is 480 g/mol. The molecule has 2 aromatic carbocycles. The largest absolute Gasteiger partial charge is 0.497 e. The number of hydrogen-bond acceptors (Lipinski definition) is 8. The van der Waals surface area contributed by atoms with Crippen LogP contribution in [-0.2, 0) is 9.53 Å². The van der Waals surface area contributed by atoms with Gasteiger partial charge < -0.3 is 18.9 Å². The minimum Gasteiger partial charge on any atom is -0.497 e. The Kier molecular flexibility index (Phi) is 7.30. The van der Waals surface area contributed by atoms with Gasteiger partial charge in [0.1, 0.15) is 17.2 Å². The van der Waals surface area contributed by atoms with E-state index in [1.54, 1.807) is 83.1 Å².